The smallest absolute Gasteiger partial charge is 0.360 e. The van der Waals surface area contributed by atoms with E-state index >= 15 is 0 Å². The van der Waals surface area contributed by atoms with Crippen LogP contribution in [0.25, 0.3) is 5.53 Å². The van der Waals surface area contributed by atoms with E-state index in [0.717, 1.165) is 14.2 Å². The highest BCUT2D eigenvalue weighted by molar-refractivity contribution is 7.72. The number of benzene rings is 1. The van der Waals surface area contributed by atoms with Crippen LogP contribution in [-0.2, 0) is 13.6 Å². The van der Waals surface area contributed by atoms with Gasteiger partial charge in [0, 0.05) is 26.4 Å². The summed E-state index contributed by atoms with van der Waals surface area (Å²) in [6, 6.07) is 5.17. The van der Waals surface area contributed by atoms with Crippen molar-refractivity contribution in [3.8, 4) is 0 Å². The molecule has 96 valence electrons. The first-order valence-electron chi connectivity index (χ1n) is 4.69. The maximum absolute atomic E-state index is 12.0. The Bertz CT molecular complexity index is 542. The SMILES string of the molecule is COP(=O)(OC)C(=[N+]=[N-])c1ccc([N+](=O)O)cc1. The van der Waals surface area contributed by atoms with E-state index in [1.54, 1.807) is 0 Å². The molecular formula is C9H11N3O5P+. The van der Waals surface area contributed by atoms with Crippen molar-refractivity contribution < 1.29 is 28.5 Å². The van der Waals surface area contributed by atoms with Crippen molar-refractivity contribution in [1.82, 2.24) is 0 Å². The van der Waals surface area contributed by atoms with Gasteiger partial charge in [-0.3, -0.25) is 0 Å². The van der Waals surface area contributed by atoms with Gasteiger partial charge in [0.15, 0.2) is 0 Å². The highest BCUT2D eigenvalue weighted by atomic mass is 31.2. The predicted molar refractivity (Wildman–Crippen MR) is 60.9 cm³/mol. The number of rotatable bonds is 5. The second-order valence-electron chi connectivity index (χ2n) is 3.11. The molecule has 0 radical (unpaired) electrons. The summed E-state index contributed by atoms with van der Waals surface area (Å²) in [4.78, 5) is 13.2. The van der Waals surface area contributed by atoms with E-state index in [1.165, 1.54) is 24.3 Å². The molecule has 0 atom stereocenters. The van der Waals surface area contributed by atoms with Gasteiger partial charge in [-0.2, -0.15) is 4.79 Å². The Morgan fingerprint density at radius 3 is 2.17 bits per heavy atom. The van der Waals surface area contributed by atoms with Crippen molar-refractivity contribution in [1.29, 1.82) is 0 Å². The van der Waals surface area contributed by atoms with Gasteiger partial charge in [-0.15, -0.1) is 0 Å². The molecule has 0 aliphatic heterocycles. The normalized spacial score (nSPS) is 10.8. The van der Waals surface area contributed by atoms with E-state index in [-0.39, 0.29) is 21.6 Å². The van der Waals surface area contributed by atoms with Gasteiger partial charge in [-0.05, 0) is 12.1 Å². The zero-order chi connectivity index (χ0) is 13.8. The standard InChI is InChI=1S/C9H11N3O5P/c1-16-18(15,17-2)9(11-10)7-3-5-8(6-4-7)12(13)14/h3-6H,1-2H3,(H,13,14)/q+1. The van der Waals surface area contributed by atoms with Crippen LogP contribution >= 0.6 is 7.60 Å². The Hall–Kier alpha value is -1.85. The molecule has 0 bridgehead atoms. The first kappa shape index (κ1) is 14.2. The van der Waals surface area contributed by atoms with Crippen molar-refractivity contribution in [2.24, 2.45) is 0 Å². The molecule has 0 saturated heterocycles. The largest absolute Gasteiger partial charge is 0.442 e. The monoisotopic (exact) mass is 272 g/mol. The van der Waals surface area contributed by atoms with Gasteiger partial charge >= 0.3 is 18.7 Å². The summed E-state index contributed by atoms with van der Waals surface area (Å²) in [6.45, 7) is 0. The van der Waals surface area contributed by atoms with E-state index in [4.69, 9.17) is 19.8 Å². The van der Waals surface area contributed by atoms with E-state index in [2.05, 4.69) is 4.79 Å². The van der Waals surface area contributed by atoms with Gasteiger partial charge in [0.25, 0.3) is 4.92 Å². The van der Waals surface area contributed by atoms with Crippen LogP contribution in [0.2, 0.25) is 0 Å². The Labute approximate surface area is 102 Å². The quantitative estimate of drug-likeness (QED) is 0.289. The minimum absolute atomic E-state index is 0.0271. The lowest BCUT2D eigenvalue weighted by Crippen LogP contribution is -2.07. The minimum atomic E-state index is -3.71. The van der Waals surface area contributed by atoms with E-state index < -0.39 is 7.60 Å². The molecule has 9 heteroatoms. The van der Waals surface area contributed by atoms with Crippen LogP contribution in [0.1, 0.15) is 5.56 Å². The van der Waals surface area contributed by atoms with Crippen molar-refractivity contribution >= 4 is 18.7 Å². The third-order valence-corrected chi connectivity index (χ3v) is 4.01. The molecule has 1 aromatic carbocycles. The topological polar surface area (TPSA) is 112 Å². The zero-order valence-corrected chi connectivity index (χ0v) is 10.6. The molecule has 0 unspecified atom stereocenters. The average Bonchev–Trinajstić information content (AvgIpc) is 2.39. The van der Waals surface area contributed by atoms with Crippen molar-refractivity contribution in [2.45, 2.75) is 0 Å². The average molecular weight is 272 g/mol. The van der Waals surface area contributed by atoms with Crippen LogP contribution in [0.4, 0.5) is 5.69 Å². The Balaban J connectivity index is 3.24. The molecule has 1 rings (SSSR count). The molecule has 8 nitrogen and oxygen atoms in total. The fourth-order valence-electron chi connectivity index (χ4n) is 1.26. The highest BCUT2D eigenvalue weighted by Gasteiger charge is 2.39. The lowest BCUT2D eigenvalue weighted by Gasteiger charge is -2.08. The molecule has 0 saturated carbocycles. The van der Waals surface area contributed by atoms with E-state index in [1.807, 2.05) is 0 Å². The number of nitrogens with zero attached hydrogens (tertiary/aromatic N) is 3. The fourth-order valence-corrected chi connectivity index (χ4v) is 2.33. The Morgan fingerprint density at radius 1 is 1.33 bits per heavy atom. The molecule has 0 heterocycles. The Morgan fingerprint density at radius 2 is 1.83 bits per heavy atom. The van der Waals surface area contributed by atoms with Crippen molar-refractivity contribution in [3.05, 3.63) is 40.3 Å². The fraction of sp³-hybridized carbons (Fsp3) is 0.222. The second kappa shape index (κ2) is 5.66. The van der Waals surface area contributed by atoms with Crippen LogP contribution in [0, 0.1) is 4.91 Å². The summed E-state index contributed by atoms with van der Waals surface area (Å²) in [5.74, 6) is 0. The first-order chi connectivity index (χ1) is 8.48. The van der Waals surface area contributed by atoms with Crippen molar-refractivity contribution in [3.63, 3.8) is 0 Å². The summed E-state index contributed by atoms with van der Waals surface area (Å²) in [7, 11) is -1.41. The maximum Gasteiger partial charge on any atom is 0.442 e. The summed E-state index contributed by atoms with van der Waals surface area (Å²) in [5, 5.41) is 8.66. The van der Waals surface area contributed by atoms with Crippen LogP contribution in [0.15, 0.2) is 24.3 Å². The van der Waals surface area contributed by atoms with E-state index in [9.17, 15) is 9.47 Å². The van der Waals surface area contributed by atoms with Crippen LogP contribution < -0.4 is 0 Å². The lowest BCUT2D eigenvalue weighted by atomic mass is 10.2. The zero-order valence-electron chi connectivity index (χ0n) is 9.68. The molecule has 0 aliphatic rings. The Kier molecular flexibility index (Phi) is 4.47. The van der Waals surface area contributed by atoms with Gasteiger partial charge in [-0.1, -0.05) is 0 Å². The van der Waals surface area contributed by atoms with Gasteiger partial charge in [0.2, 0.25) is 0 Å². The van der Waals surface area contributed by atoms with Crippen molar-refractivity contribution in [2.75, 3.05) is 14.2 Å². The summed E-state index contributed by atoms with van der Waals surface area (Å²) in [5.41, 5.74) is 8.80. The molecule has 0 aromatic heterocycles. The molecule has 0 amide bonds. The third kappa shape index (κ3) is 2.69. The van der Waals surface area contributed by atoms with Gasteiger partial charge in [0.1, 0.15) is 0 Å². The van der Waals surface area contributed by atoms with Crippen LogP contribution in [0.3, 0.4) is 0 Å². The van der Waals surface area contributed by atoms with Gasteiger partial charge < -0.3 is 14.6 Å². The maximum atomic E-state index is 12.0. The summed E-state index contributed by atoms with van der Waals surface area (Å²) in [6.07, 6.45) is 0. The highest BCUT2D eigenvalue weighted by Crippen LogP contribution is 2.49. The van der Waals surface area contributed by atoms with E-state index in [0.29, 0.717) is 0 Å². The molecule has 0 fully saturated rings. The predicted octanol–water partition coefficient (Wildman–Crippen LogP) is 1.95. The molecule has 18 heavy (non-hydrogen) atoms. The molecule has 1 N–H and O–H groups in total. The summed E-state index contributed by atoms with van der Waals surface area (Å²) >= 11 is 0. The third-order valence-electron chi connectivity index (χ3n) is 2.18. The van der Waals surface area contributed by atoms with Crippen LogP contribution in [-0.4, -0.2) is 34.6 Å². The molecule has 1 aromatic rings. The number of hydrogen-bond donors (Lipinski definition) is 1. The molecular weight excluding hydrogens is 261 g/mol. The van der Waals surface area contributed by atoms with Crippen LogP contribution in [0.5, 0.6) is 0 Å². The number of hydrogen-bond acceptors (Lipinski definition) is 4. The second-order valence-corrected chi connectivity index (χ2v) is 5.25. The minimum Gasteiger partial charge on any atom is -0.360 e. The van der Waals surface area contributed by atoms with Gasteiger partial charge in [-0.25, -0.2) is 9.77 Å². The van der Waals surface area contributed by atoms with Gasteiger partial charge in [0.05, 0.1) is 10.5 Å². The summed E-state index contributed by atoms with van der Waals surface area (Å²) < 4.78 is 21.4. The molecule has 0 aliphatic carbocycles. The lowest BCUT2D eigenvalue weighted by molar-refractivity contribution is -0.729. The first-order valence-corrected chi connectivity index (χ1v) is 6.23. The molecule has 0 spiro atoms.